The quantitative estimate of drug-likeness (QED) is 0.130. The van der Waals surface area contributed by atoms with Crippen molar-refractivity contribution in [3.05, 3.63) is 35.9 Å². The Kier molecular flexibility index (Phi) is 18.2. The zero-order chi connectivity index (χ0) is 32.1. The average molecular weight is 657 g/mol. The Hall–Kier alpha value is -2.58. The summed E-state index contributed by atoms with van der Waals surface area (Å²) in [7, 11) is -15.4. The smallest absolute Gasteiger partial charge is 0.213 e. The topological polar surface area (TPSA) is 210 Å². The van der Waals surface area contributed by atoms with E-state index >= 15 is 0 Å². The van der Waals surface area contributed by atoms with Gasteiger partial charge in [-0.05, 0) is 38.5 Å². The van der Waals surface area contributed by atoms with Crippen LogP contribution in [0.3, 0.4) is 0 Å². The maximum Gasteiger partial charge on any atom is 0.337 e. The summed E-state index contributed by atoms with van der Waals surface area (Å²) >= 11 is 0. The van der Waals surface area contributed by atoms with Gasteiger partial charge in [-0.3, -0.25) is 0 Å². The zero-order valence-corrected chi connectivity index (χ0v) is 27.1. The number of hydrogen-bond donors (Lipinski definition) is 3. The van der Waals surface area contributed by atoms with Gasteiger partial charge < -0.3 is 0 Å². The van der Waals surface area contributed by atoms with E-state index in [1.54, 1.807) is 0 Å². The molecular formula is C28H44N6O6S3. The second-order valence-electron chi connectivity index (χ2n) is 10.1. The molecule has 0 atom stereocenters. The molecule has 0 unspecified atom stereocenters. The van der Waals surface area contributed by atoms with Gasteiger partial charge in [0.05, 0.1) is 18.2 Å². The Morgan fingerprint density at radius 3 is 1.09 bits per heavy atom. The van der Waals surface area contributed by atoms with E-state index in [0.29, 0.717) is 96.3 Å². The van der Waals surface area contributed by atoms with Crippen LogP contribution in [0.25, 0.3) is 0 Å². The van der Waals surface area contributed by atoms with Gasteiger partial charge in [-0.15, -0.1) is 0 Å². The molecule has 0 aliphatic heterocycles. The van der Waals surface area contributed by atoms with Crippen molar-refractivity contribution >= 4 is 30.1 Å². The van der Waals surface area contributed by atoms with E-state index in [0.717, 1.165) is 0 Å². The van der Waals surface area contributed by atoms with Crippen molar-refractivity contribution in [1.29, 1.82) is 15.8 Å². The lowest BCUT2D eigenvalue weighted by atomic mass is 10.1. The molecule has 0 aromatic heterocycles. The molecule has 3 N–H and O–H groups in total. The maximum absolute atomic E-state index is 14.0. The second-order valence-corrected chi connectivity index (χ2v) is 16.6. The van der Waals surface area contributed by atoms with Gasteiger partial charge in [-0.1, -0.05) is 68.9 Å². The SMILES string of the molecule is N#CCCCCCCNS(=O)(=O)C(c1ccccc1)(S(=O)(=O)NCCCCCCC#N)S(=O)(=O)NCCCCCCC#N. The van der Waals surface area contributed by atoms with Crippen molar-refractivity contribution in [2.45, 2.75) is 99.7 Å². The average Bonchev–Trinajstić information content (AvgIpc) is 2.96. The summed E-state index contributed by atoms with van der Waals surface area (Å²) in [6, 6.07) is 12.7. The van der Waals surface area contributed by atoms with Gasteiger partial charge in [0.2, 0.25) is 0 Å². The molecule has 0 aliphatic rings. The lowest BCUT2D eigenvalue weighted by molar-refractivity contribution is 0.527. The zero-order valence-electron chi connectivity index (χ0n) is 24.6. The van der Waals surface area contributed by atoms with Crippen LogP contribution in [0.2, 0.25) is 0 Å². The highest BCUT2D eigenvalue weighted by Crippen LogP contribution is 2.40. The molecule has 1 aromatic rings. The van der Waals surface area contributed by atoms with Crippen molar-refractivity contribution in [2.75, 3.05) is 19.6 Å². The van der Waals surface area contributed by atoms with Crippen LogP contribution in [-0.2, 0) is 33.5 Å². The number of nitriles is 3. The first kappa shape index (κ1) is 38.4. The summed E-state index contributed by atoms with van der Waals surface area (Å²) < 4.78 is 87.6. The molecule has 0 amide bonds. The van der Waals surface area contributed by atoms with E-state index in [9.17, 15) is 25.3 Å². The van der Waals surface area contributed by atoms with Crippen LogP contribution < -0.4 is 14.2 Å². The Morgan fingerprint density at radius 2 is 0.791 bits per heavy atom. The van der Waals surface area contributed by atoms with Gasteiger partial charge >= 0.3 is 3.41 Å². The molecule has 0 saturated carbocycles. The largest absolute Gasteiger partial charge is 0.337 e. The van der Waals surface area contributed by atoms with Crippen LogP contribution in [0.1, 0.15) is 102 Å². The fourth-order valence-electron chi connectivity index (χ4n) is 4.49. The third-order valence-corrected chi connectivity index (χ3v) is 15.2. The van der Waals surface area contributed by atoms with Gasteiger partial charge in [-0.25, -0.2) is 39.4 Å². The van der Waals surface area contributed by atoms with E-state index in [-0.39, 0.29) is 19.6 Å². The Labute approximate surface area is 258 Å². The Bertz CT molecular complexity index is 1260. The van der Waals surface area contributed by atoms with Crippen LogP contribution in [0, 0.1) is 34.0 Å². The highest BCUT2D eigenvalue weighted by molar-refractivity contribution is 8.23. The van der Waals surface area contributed by atoms with Crippen LogP contribution in [0.15, 0.2) is 30.3 Å². The number of rotatable bonds is 25. The molecule has 1 rings (SSSR count). The Balaban J connectivity index is 3.40. The van der Waals surface area contributed by atoms with E-state index < -0.39 is 39.0 Å². The third kappa shape index (κ3) is 11.8. The molecule has 0 bridgehead atoms. The van der Waals surface area contributed by atoms with Crippen LogP contribution >= 0.6 is 0 Å². The summed E-state index contributed by atoms with van der Waals surface area (Å²) in [5, 5.41) is 26.1. The van der Waals surface area contributed by atoms with Gasteiger partial charge in [-0.2, -0.15) is 15.8 Å². The van der Waals surface area contributed by atoms with Crippen molar-refractivity contribution in [3.8, 4) is 18.2 Å². The summed E-state index contributed by atoms with van der Waals surface area (Å²) in [6.45, 7) is -0.565. The predicted molar refractivity (Wildman–Crippen MR) is 165 cm³/mol. The van der Waals surface area contributed by atoms with Crippen LogP contribution in [0.5, 0.6) is 0 Å². The standard InChI is InChI=1S/C28H44N6O6S3/c29-21-13-4-1-7-16-24-32-41(35,36)28(27-19-11-10-12-20-27,42(37,38)33-25-17-8-2-5-14-22-30)43(39,40)34-26-18-9-3-6-15-23-31/h10-12,19-20,32-34H,1-9,13-18,24-26H2. The van der Waals surface area contributed by atoms with Crippen molar-refractivity contribution in [3.63, 3.8) is 0 Å². The van der Waals surface area contributed by atoms with Gasteiger partial charge in [0.25, 0.3) is 30.1 Å². The minimum absolute atomic E-state index is 0.188. The third-order valence-electron chi connectivity index (χ3n) is 6.71. The van der Waals surface area contributed by atoms with Gasteiger partial charge in [0.1, 0.15) is 0 Å². The minimum atomic E-state index is -5.13. The fourth-order valence-corrected chi connectivity index (χ4v) is 12.2. The first-order valence-electron chi connectivity index (χ1n) is 14.7. The molecular weight excluding hydrogens is 613 g/mol. The van der Waals surface area contributed by atoms with E-state index in [2.05, 4.69) is 14.2 Å². The van der Waals surface area contributed by atoms with Crippen molar-refractivity contribution < 1.29 is 25.3 Å². The first-order valence-corrected chi connectivity index (χ1v) is 19.1. The number of unbranched alkanes of at least 4 members (excludes halogenated alkanes) is 12. The number of sulfonamides is 3. The highest BCUT2D eigenvalue weighted by atomic mass is 32.3. The van der Waals surface area contributed by atoms with Crippen LogP contribution in [-0.4, -0.2) is 44.9 Å². The summed E-state index contributed by atoms with van der Waals surface area (Å²) in [6.07, 6.45) is 7.69. The highest BCUT2D eigenvalue weighted by Gasteiger charge is 2.66. The normalized spacial score (nSPS) is 12.3. The molecule has 15 heteroatoms. The predicted octanol–water partition coefficient (Wildman–Crippen LogP) is 3.98. The minimum Gasteiger partial charge on any atom is -0.213 e. The number of nitrogens with zero attached hydrogens (tertiary/aromatic N) is 3. The molecule has 0 aliphatic carbocycles. The number of benzene rings is 1. The molecule has 0 heterocycles. The van der Waals surface area contributed by atoms with Crippen molar-refractivity contribution in [2.24, 2.45) is 0 Å². The summed E-state index contributed by atoms with van der Waals surface area (Å²) in [4.78, 5) is 0. The summed E-state index contributed by atoms with van der Waals surface area (Å²) in [5.74, 6) is 0. The summed E-state index contributed by atoms with van der Waals surface area (Å²) in [5.41, 5.74) is -0.445. The molecule has 240 valence electrons. The molecule has 43 heavy (non-hydrogen) atoms. The van der Waals surface area contributed by atoms with E-state index in [4.69, 9.17) is 15.8 Å². The van der Waals surface area contributed by atoms with E-state index in [1.807, 2.05) is 18.2 Å². The maximum atomic E-state index is 14.0. The first-order chi connectivity index (χ1) is 20.5. The molecule has 0 fully saturated rings. The molecule has 0 radical (unpaired) electrons. The monoisotopic (exact) mass is 656 g/mol. The lowest BCUT2D eigenvalue weighted by Crippen LogP contribution is -2.61. The fraction of sp³-hybridized carbons (Fsp3) is 0.679. The lowest BCUT2D eigenvalue weighted by Gasteiger charge is -2.33. The molecule has 1 aromatic carbocycles. The van der Waals surface area contributed by atoms with Crippen LogP contribution in [0.4, 0.5) is 0 Å². The molecule has 0 spiro atoms. The molecule has 0 saturated heterocycles. The second kappa shape index (κ2) is 20.4. The molecule has 12 nitrogen and oxygen atoms in total. The number of hydrogen-bond acceptors (Lipinski definition) is 9. The van der Waals surface area contributed by atoms with Gasteiger partial charge in [0, 0.05) is 44.5 Å². The van der Waals surface area contributed by atoms with Gasteiger partial charge in [0.15, 0.2) is 0 Å². The van der Waals surface area contributed by atoms with E-state index in [1.165, 1.54) is 30.3 Å². The number of nitrogens with one attached hydrogen (secondary N) is 3. The van der Waals surface area contributed by atoms with Crippen molar-refractivity contribution in [1.82, 2.24) is 14.2 Å². The Morgan fingerprint density at radius 1 is 0.488 bits per heavy atom.